The molecule has 1 aromatic carbocycles. The molecule has 0 bridgehead atoms. The molecule has 0 aliphatic rings. The Bertz CT molecular complexity index is 436. The zero-order chi connectivity index (χ0) is 15.0. The van der Waals surface area contributed by atoms with Gasteiger partial charge >= 0.3 is 0 Å². The number of rotatable bonds is 8. The fraction of sp³-hybridized carbons (Fsp3) is 0.533. The van der Waals surface area contributed by atoms with E-state index in [4.69, 9.17) is 4.74 Å². The van der Waals surface area contributed by atoms with Crippen LogP contribution in [0.25, 0.3) is 0 Å². The zero-order valence-electron chi connectivity index (χ0n) is 12.3. The minimum absolute atomic E-state index is 0.0655. The molecule has 0 aromatic heterocycles. The Morgan fingerprint density at radius 3 is 2.75 bits per heavy atom. The van der Waals surface area contributed by atoms with Crippen LogP contribution >= 0.6 is 0 Å². The van der Waals surface area contributed by atoms with Crippen LogP contribution in [0.4, 0.5) is 4.39 Å². The van der Waals surface area contributed by atoms with Crippen LogP contribution in [0.5, 0.6) is 5.75 Å². The van der Waals surface area contributed by atoms with E-state index >= 15 is 0 Å². The van der Waals surface area contributed by atoms with Crippen molar-refractivity contribution in [2.75, 3.05) is 13.2 Å². The number of hydrogen-bond donors (Lipinski definition) is 2. The van der Waals surface area contributed by atoms with E-state index in [-0.39, 0.29) is 30.8 Å². The predicted molar refractivity (Wildman–Crippen MR) is 77.2 cm³/mol. The smallest absolute Gasteiger partial charge is 0.223 e. The molecule has 0 aliphatic heterocycles. The Labute approximate surface area is 119 Å². The summed E-state index contributed by atoms with van der Waals surface area (Å²) in [5.74, 6) is 0.0570. The summed E-state index contributed by atoms with van der Waals surface area (Å²) in [6, 6.07) is 4.70. The van der Waals surface area contributed by atoms with Gasteiger partial charge in [0.05, 0.1) is 13.0 Å². The molecule has 1 aromatic rings. The van der Waals surface area contributed by atoms with Crippen LogP contribution in [-0.2, 0) is 11.3 Å². The third-order valence-corrected chi connectivity index (χ3v) is 2.56. The molecule has 0 aliphatic carbocycles. The highest BCUT2D eigenvalue weighted by molar-refractivity contribution is 5.76. The van der Waals surface area contributed by atoms with E-state index in [0.717, 1.165) is 12.1 Å². The van der Waals surface area contributed by atoms with E-state index in [2.05, 4.69) is 10.6 Å². The second-order valence-electron chi connectivity index (χ2n) is 4.90. The Kier molecular flexibility index (Phi) is 7.01. The summed E-state index contributed by atoms with van der Waals surface area (Å²) in [6.07, 6.45) is 0.261. The molecule has 0 heterocycles. The van der Waals surface area contributed by atoms with Gasteiger partial charge in [-0.3, -0.25) is 4.79 Å². The molecule has 1 amide bonds. The first-order chi connectivity index (χ1) is 9.51. The molecule has 112 valence electrons. The normalized spacial score (nSPS) is 10.7. The summed E-state index contributed by atoms with van der Waals surface area (Å²) >= 11 is 0. The number of amides is 1. The first-order valence-electron chi connectivity index (χ1n) is 6.93. The number of halogens is 1. The lowest BCUT2D eigenvalue weighted by Gasteiger charge is -2.10. The van der Waals surface area contributed by atoms with E-state index in [0.29, 0.717) is 12.3 Å². The second kappa shape index (κ2) is 8.53. The van der Waals surface area contributed by atoms with Crippen LogP contribution in [0.3, 0.4) is 0 Å². The fourth-order valence-electron chi connectivity index (χ4n) is 1.73. The minimum atomic E-state index is -0.331. The van der Waals surface area contributed by atoms with Crippen LogP contribution in [0.15, 0.2) is 18.2 Å². The second-order valence-corrected chi connectivity index (χ2v) is 4.90. The van der Waals surface area contributed by atoms with Crippen molar-refractivity contribution in [3.8, 4) is 5.75 Å². The molecule has 1 rings (SSSR count). The summed E-state index contributed by atoms with van der Waals surface area (Å²) in [6.45, 7) is 7.45. The van der Waals surface area contributed by atoms with E-state index in [1.807, 2.05) is 20.8 Å². The molecule has 0 fully saturated rings. The average molecular weight is 282 g/mol. The van der Waals surface area contributed by atoms with Crippen LogP contribution in [0, 0.1) is 5.82 Å². The minimum Gasteiger partial charge on any atom is -0.493 e. The highest BCUT2D eigenvalue weighted by atomic mass is 19.1. The van der Waals surface area contributed by atoms with Crippen molar-refractivity contribution in [2.24, 2.45) is 0 Å². The highest BCUT2D eigenvalue weighted by Gasteiger charge is 2.05. The van der Waals surface area contributed by atoms with Gasteiger partial charge in [-0.05, 0) is 38.1 Å². The van der Waals surface area contributed by atoms with Gasteiger partial charge in [0, 0.05) is 18.7 Å². The van der Waals surface area contributed by atoms with Crippen molar-refractivity contribution in [3.05, 3.63) is 29.6 Å². The maximum atomic E-state index is 13.4. The first-order valence-corrected chi connectivity index (χ1v) is 6.93. The summed E-state index contributed by atoms with van der Waals surface area (Å²) in [4.78, 5) is 11.4. The van der Waals surface area contributed by atoms with Gasteiger partial charge in [0.1, 0.15) is 11.6 Å². The maximum Gasteiger partial charge on any atom is 0.223 e. The Balaban J connectivity index is 2.46. The Morgan fingerprint density at radius 1 is 1.35 bits per heavy atom. The average Bonchev–Trinajstić information content (AvgIpc) is 2.35. The summed E-state index contributed by atoms with van der Waals surface area (Å²) in [7, 11) is 0. The molecular weight excluding hydrogens is 259 g/mol. The molecule has 0 unspecified atom stereocenters. The SMILES string of the molecule is CCNCc1cc(F)cc(OCCC(=O)NC(C)C)c1. The van der Waals surface area contributed by atoms with E-state index in [1.54, 1.807) is 6.07 Å². The highest BCUT2D eigenvalue weighted by Crippen LogP contribution is 2.16. The standard InChI is InChI=1S/C15H23FN2O2/c1-4-17-10-12-7-13(16)9-14(8-12)20-6-5-15(19)18-11(2)3/h7-9,11,17H,4-6,10H2,1-3H3,(H,18,19). The fourth-order valence-corrected chi connectivity index (χ4v) is 1.73. The van der Waals surface area contributed by atoms with Gasteiger partial charge in [-0.1, -0.05) is 6.92 Å². The molecule has 4 nitrogen and oxygen atoms in total. The number of nitrogens with one attached hydrogen (secondary N) is 2. The van der Waals surface area contributed by atoms with Crippen LogP contribution in [-0.4, -0.2) is 25.1 Å². The van der Waals surface area contributed by atoms with Crippen molar-refractivity contribution in [3.63, 3.8) is 0 Å². The van der Waals surface area contributed by atoms with E-state index in [1.165, 1.54) is 12.1 Å². The maximum absolute atomic E-state index is 13.4. The molecule has 0 saturated heterocycles. The van der Waals surface area contributed by atoms with Gasteiger partial charge in [-0.2, -0.15) is 0 Å². The van der Waals surface area contributed by atoms with E-state index < -0.39 is 0 Å². The zero-order valence-corrected chi connectivity index (χ0v) is 12.3. The molecule has 2 N–H and O–H groups in total. The van der Waals surface area contributed by atoms with Gasteiger partial charge < -0.3 is 15.4 Å². The Hall–Kier alpha value is -1.62. The molecule has 0 atom stereocenters. The topological polar surface area (TPSA) is 50.4 Å². The molecular formula is C15H23FN2O2. The van der Waals surface area contributed by atoms with Gasteiger partial charge in [0.25, 0.3) is 0 Å². The van der Waals surface area contributed by atoms with Crippen LogP contribution < -0.4 is 15.4 Å². The molecule has 20 heavy (non-hydrogen) atoms. The summed E-state index contributed by atoms with van der Waals surface area (Å²) in [5.41, 5.74) is 0.827. The van der Waals surface area contributed by atoms with E-state index in [9.17, 15) is 9.18 Å². The van der Waals surface area contributed by atoms with Gasteiger partial charge in [0.15, 0.2) is 0 Å². The lowest BCUT2D eigenvalue weighted by molar-refractivity contribution is -0.122. The van der Waals surface area contributed by atoms with Crippen molar-refractivity contribution in [2.45, 2.75) is 39.8 Å². The monoisotopic (exact) mass is 282 g/mol. The quantitative estimate of drug-likeness (QED) is 0.769. The first kappa shape index (κ1) is 16.4. The van der Waals surface area contributed by atoms with Crippen LogP contribution in [0.1, 0.15) is 32.8 Å². The number of benzene rings is 1. The van der Waals surface area contributed by atoms with Gasteiger partial charge in [0.2, 0.25) is 5.91 Å². The van der Waals surface area contributed by atoms with Crippen molar-refractivity contribution in [1.29, 1.82) is 0 Å². The molecule has 0 spiro atoms. The summed E-state index contributed by atoms with van der Waals surface area (Å²) in [5, 5.41) is 5.91. The predicted octanol–water partition coefficient (Wildman–Crippen LogP) is 2.23. The number of carbonyl (C=O) groups is 1. The molecule has 0 saturated carbocycles. The third kappa shape index (κ3) is 6.52. The number of hydrogen-bond acceptors (Lipinski definition) is 3. The Morgan fingerprint density at radius 2 is 2.10 bits per heavy atom. The molecule has 5 heteroatoms. The van der Waals surface area contributed by atoms with Gasteiger partial charge in [-0.15, -0.1) is 0 Å². The lowest BCUT2D eigenvalue weighted by atomic mass is 10.2. The largest absolute Gasteiger partial charge is 0.493 e. The van der Waals surface area contributed by atoms with Crippen molar-refractivity contribution in [1.82, 2.24) is 10.6 Å². The van der Waals surface area contributed by atoms with Crippen molar-refractivity contribution >= 4 is 5.91 Å². The lowest BCUT2D eigenvalue weighted by Crippen LogP contribution is -2.31. The van der Waals surface area contributed by atoms with Gasteiger partial charge in [-0.25, -0.2) is 4.39 Å². The summed E-state index contributed by atoms with van der Waals surface area (Å²) < 4.78 is 18.9. The third-order valence-electron chi connectivity index (χ3n) is 2.56. The number of ether oxygens (including phenoxy) is 1. The van der Waals surface area contributed by atoms with Crippen molar-refractivity contribution < 1.29 is 13.9 Å². The molecule has 0 radical (unpaired) electrons. The number of carbonyl (C=O) groups excluding carboxylic acids is 1. The van der Waals surface area contributed by atoms with Crippen LogP contribution in [0.2, 0.25) is 0 Å².